The van der Waals surface area contributed by atoms with E-state index < -0.39 is 12.2 Å². The van der Waals surface area contributed by atoms with Crippen molar-refractivity contribution in [2.75, 3.05) is 37.6 Å². The molecule has 2 atom stereocenters. The van der Waals surface area contributed by atoms with Gasteiger partial charge in [-0.15, -0.1) is 0 Å². The largest absolute Gasteiger partial charge is 0.506 e. The number of halogens is 1. The van der Waals surface area contributed by atoms with Crippen molar-refractivity contribution in [2.45, 2.75) is 25.2 Å². The summed E-state index contributed by atoms with van der Waals surface area (Å²) in [7, 11) is 0. The molecule has 9 nitrogen and oxygen atoms in total. The Kier molecular flexibility index (Phi) is 5.64. The molecular formula is C19H24ClN5O4. The minimum atomic E-state index is -1.18. The number of nitrogens with zero attached hydrogens (tertiary/aromatic N) is 5. The Morgan fingerprint density at radius 3 is 2.62 bits per heavy atom. The van der Waals surface area contributed by atoms with E-state index in [1.165, 1.54) is 21.5 Å². The molecule has 29 heavy (non-hydrogen) atoms. The average Bonchev–Trinajstić information content (AvgIpc) is 3.04. The number of fused-ring (bicyclic) bond motifs is 1. The van der Waals surface area contributed by atoms with Crippen molar-refractivity contribution in [1.82, 2.24) is 19.2 Å². The van der Waals surface area contributed by atoms with E-state index in [9.17, 15) is 20.1 Å². The number of hydrogen-bond acceptors (Lipinski definition) is 7. The second-order valence-electron chi connectivity index (χ2n) is 7.33. The molecule has 0 saturated carbocycles. The topological polar surface area (TPSA) is 107 Å². The number of aliphatic hydroxyl groups is 2. The number of aromatic hydroxyl groups is 1. The maximum atomic E-state index is 12.4. The van der Waals surface area contributed by atoms with Gasteiger partial charge in [-0.2, -0.15) is 5.10 Å². The average molecular weight is 422 g/mol. The third-order valence-electron chi connectivity index (χ3n) is 5.43. The molecule has 10 heteroatoms. The van der Waals surface area contributed by atoms with Crippen LogP contribution >= 0.6 is 11.6 Å². The van der Waals surface area contributed by atoms with E-state index >= 15 is 0 Å². The zero-order valence-corrected chi connectivity index (χ0v) is 16.6. The minimum absolute atomic E-state index is 0.0859. The van der Waals surface area contributed by atoms with Crippen molar-refractivity contribution < 1.29 is 15.3 Å². The van der Waals surface area contributed by atoms with Gasteiger partial charge in [0, 0.05) is 51.2 Å². The molecule has 3 N–H and O–H groups in total. The van der Waals surface area contributed by atoms with Gasteiger partial charge < -0.3 is 20.2 Å². The SMILES string of the molecule is O=c1n(CCCN2CCN(c3ccc(O)c(Cl)c3)CC2)nc2n1C=CC(O)C2O. The molecule has 2 aliphatic rings. The number of benzene rings is 1. The second-order valence-corrected chi connectivity index (χ2v) is 7.74. The zero-order chi connectivity index (χ0) is 20.5. The van der Waals surface area contributed by atoms with E-state index in [-0.39, 0.29) is 17.3 Å². The molecule has 0 amide bonds. The van der Waals surface area contributed by atoms with Gasteiger partial charge in [0.15, 0.2) is 5.82 Å². The van der Waals surface area contributed by atoms with Gasteiger partial charge in [-0.05, 0) is 30.7 Å². The number of aliphatic hydroxyl groups excluding tert-OH is 2. The lowest BCUT2D eigenvalue weighted by Gasteiger charge is -2.36. The maximum Gasteiger partial charge on any atom is 0.350 e. The van der Waals surface area contributed by atoms with Crippen LogP contribution in [0.5, 0.6) is 5.75 Å². The van der Waals surface area contributed by atoms with Gasteiger partial charge in [-0.25, -0.2) is 9.48 Å². The molecule has 156 valence electrons. The fourth-order valence-corrected chi connectivity index (χ4v) is 3.90. The summed E-state index contributed by atoms with van der Waals surface area (Å²) in [6.07, 6.45) is 1.36. The second kappa shape index (κ2) is 8.19. The Hall–Kier alpha value is -2.33. The van der Waals surface area contributed by atoms with Crippen LogP contribution in [0.15, 0.2) is 29.1 Å². The highest BCUT2D eigenvalue weighted by atomic mass is 35.5. The summed E-state index contributed by atoms with van der Waals surface area (Å²) in [5, 5.41) is 33.7. The first-order chi connectivity index (χ1) is 13.9. The zero-order valence-electron chi connectivity index (χ0n) is 15.9. The molecular weight excluding hydrogens is 398 g/mol. The number of aromatic nitrogens is 3. The molecule has 2 aromatic rings. The van der Waals surface area contributed by atoms with Crippen molar-refractivity contribution >= 4 is 23.5 Å². The molecule has 2 aliphatic heterocycles. The smallest absolute Gasteiger partial charge is 0.350 e. The lowest BCUT2D eigenvalue weighted by molar-refractivity contribution is 0.0383. The molecule has 0 bridgehead atoms. The number of piperazine rings is 1. The fourth-order valence-electron chi connectivity index (χ4n) is 3.72. The molecule has 1 fully saturated rings. The summed E-state index contributed by atoms with van der Waals surface area (Å²) >= 11 is 6.00. The van der Waals surface area contributed by atoms with Crippen LogP contribution in [0.25, 0.3) is 6.20 Å². The summed E-state index contributed by atoms with van der Waals surface area (Å²) in [5.74, 6) is 0.258. The third kappa shape index (κ3) is 4.04. The number of rotatable bonds is 5. The van der Waals surface area contributed by atoms with Crippen LogP contribution in [-0.4, -0.2) is 73.4 Å². The van der Waals surface area contributed by atoms with Crippen LogP contribution in [0, 0.1) is 0 Å². The quantitative estimate of drug-likeness (QED) is 0.645. The van der Waals surface area contributed by atoms with Crippen molar-refractivity contribution in [3.8, 4) is 5.75 Å². The number of phenolic OH excluding ortho intramolecular Hbond substituents is 1. The molecule has 3 heterocycles. The van der Waals surface area contributed by atoms with Gasteiger partial charge in [-0.3, -0.25) is 9.47 Å². The van der Waals surface area contributed by atoms with E-state index in [4.69, 9.17) is 11.6 Å². The van der Waals surface area contributed by atoms with Crippen LogP contribution in [0.4, 0.5) is 5.69 Å². The van der Waals surface area contributed by atoms with Crippen LogP contribution in [0.2, 0.25) is 5.02 Å². The summed E-state index contributed by atoms with van der Waals surface area (Å²) in [5.41, 5.74) is 0.688. The van der Waals surface area contributed by atoms with Crippen molar-refractivity contribution in [2.24, 2.45) is 0 Å². The van der Waals surface area contributed by atoms with E-state index in [0.29, 0.717) is 11.6 Å². The summed E-state index contributed by atoms with van der Waals surface area (Å²) in [6, 6.07) is 5.25. The summed E-state index contributed by atoms with van der Waals surface area (Å²) < 4.78 is 2.62. The molecule has 1 saturated heterocycles. The van der Waals surface area contributed by atoms with Crippen molar-refractivity contribution in [3.05, 3.63) is 45.6 Å². The van der Waals surface area contributed by atoms with Crippen LogP contribution in [0.1, 0.15) is 18.3 Å². The van der Waals surface area contributed by atoms with Gasteiger partial charge in [0.1, 0.15) is 18.0 Å². The van der Waals surface area contributed by atoms with Gasteiger partial charge in [0.2, 0.25) is 0 Å². The summed E-state index contributed by atoms with van der Waals surface area (Å²) in [6.45, 7) is 4.77. The molecule has 1 aromatic carbocycles. The van der Waals surface area contributed by atoms with Crippen LogP contribution in [-0.2, 0) is 6.54 Å². The highest BCUT2D eigenvalue weighted by Gasteiger charge is 2.27. The highest BCUT2D eigenvalue weighted by molar-refractivity contribution is 6.32. The third-order valence-corrected chi connectivity index (χ3v) is 5.73. The Morgan fingerprint density at radius 1 is 1.14 bits per heavy atom. The molecule has 0 radical (unpaired) electrons. The number of phenols is 1. The minimum Gasteiger partial charge on any atom is -0.506 e. The van der Waals surface area contributed by atoms with Gasteiger partial charge in [0.25, 0.3) is 0 Å². The maximum absolute atomic E-state index is 12.4. The fraction of sp³-hybridized carbons (Fsp3) is 0.474. The van der Waals surface area contributed by atoms with Crippen LogP contribution in [0.3, 0.4) is 0 Å². The molecule has 1 aromatic heterocycles. The van der Waals surface area contributed by atoms with E-state index in [1.807, 2.05) is 6.07 Å². The predicted octanol–water partition coefficient (Wildman–Crippen LogP) is 0.495. The first-order valence-corrected chi connectivity index (χ1v) is 10.0. The Bertz CT molecular complexity index is 964. The lowest BCUT2D eigenvalue weighted by Crippen LogP contribution is -2.46. The molecule has 0 spiro atoms. The number of anilines is 1. The highest BCUT2D eigenvalue weighted by Crippen LogP contribution is 2.28. The van der Waals surface area contributed by atoms with Gasteiger partial charge in [-0.1, -0.05) is 11.6 Å². The Labute approximate surface area is 172 Å². The number of aryl methyl sites for hydroxylation is 1. The normalized spacial score (nSPS) is 22.1. The van der Waals surface area contributed by atoms with Crippen LogP contribution < -0.4 is 10.6 Å². The predicted molar refractivity (Wildman–Crippen MR) is 109 cm³/mol. The van der Waals surface area contributed by atoms with Gasteiger partial charge in [0.05, 0.1) is 5.02 Å². The Balaban J connectivity index is 1.28. The first kappa shape index (κ1) is 20.0. The number of hydrogen-bond donors (Lipinski definition) is 3. The van der Waals surface area contributed by atoms with Crippen molar-refractivity contribution in [1.29, 1.82) is 0 Å². The van der Waals surface area contributed by atoms with E-state index in [0.717, 1.165) is 44.8 Å². The van der Waals surface area contributed by atoms with Gasteiger partial charge >= 0.3 is 5.69 Å². The lowest BCUT2D eigenvalue weighted by atomic mass is 10.1. The molecule has 0 aliphatic carbocycles. The standard InChI is InChI=1S/C19H24ClN5O4/c20-14-12-13(2-3-15(14)26)23-10-8-22(9-11-23)5-1-6-25-19(29)24-7-4-16(27)17(28)18(24)21-25/h2-4,7,12,16-17,26-28H,1,5-6,8-11H2. The molecule has 4 rings (SSSR count). The van der Waals surface area contributed by atoms with Crippen molar-refractivity contribution in [3.63, 3.8) is 0 Å². The van der Waals surface area contributed by atoms with E-state index in [1.54, 1.807) is 12.1 Å². The van der Waals surface area contributed by atoms with E-state index in [2.05, 4.69) is 14.9 Å². The Morgan fingerprint density at radius 2 is 1.90 bits per heavy atom. The monoisotopic (exact) mass is 421 g/mol. The molecule has 2 unspecified atom stereocenters. The summed E-state index contributed by atoms with van der Waals surface area (Å²) in [4.78, 5) is 16.9. The first-order valence-electron chi connectivity index (χ1n) is 9.63.